The predicted octanol–water partition coefficient (Wildman–Crippen LogP) is 3.78. The second kappa shape index (κ2) is 6.71. The van der Waals surface area contributed by atoms with E-state index < -0.39 is 0 Å². The molecule has 0 amide bonds. The van der Waals surface area contributed by atoms with Gasteiger partial charge in [-0.25, -0.2) is 4.98 Å². The van der Waals surface area contributed by atoms with Crippen molar-refractivity contribution in [2.75, 3.05) is 18.4 Å². The lowest BCUT2D eigenvalue weighted by atomic mass is 9.82. The van der Waals surface area contributed by atoms with Gasteiger partial charge in [-0.15, -0.1) is 0 Å². The zero-order chi connectivity index (χ0) is 12.9. The summed E-state index contributed by atoms with van der Waals surface area (Å²) in [5, 5.41) is 3.38. The van der Waals surface area contributed by atoms with Crippen molar-refractivity contribution in [2.45, 2.75) is 26.7 Å². The van der Waals surface area contributed by atoms with Crippen LogP contribution >= 0.6 is 31.9 Å². The fourth-order valence-corrected chi connectivity index (χ4v) is 2.80. The summed E-state index contributed by atoms with van der Waals surface area (Å²) in [6.45, 7) is 5.91. The van der Waals surface area contributed by atoms with Gasteiger partial charge in [-0.2, -0.15) is 0 Å². The lowest BCUT2D eigenvalue weighted by Gasteiger charge is -2.30. The van der Waals surface area contributed by atoms with Gasteiger partial charge in [0.15, 0.2) is 0 Å². The Bertz CT molecular complexity index is 357. The van der Waals surface area contributed by atoms with Gasteiger partial charge in [-0.3, -0.25) is 0 Å². The third-order valence-electron chi connectivity index (χ3n) is 3.37. The van der Waals surface area contributed by atoms with Gasteiger partial charge in [0.2, 0.25) is 0 Å². The first-order chi connectivity index (χ1) is 8.06. The SMILES string of the molecule is CCC(CC)(CN)CNc1ncc(Br)cc1Br. The van der Waals surface area contributed by atoms with Crippen molar-refractivity contribution in [2.24, 2.45) is 11.1 Å². The van der Waals surface area contributed by atoms with E-state index in [0.717, 1.165) is 34.1 Å². The molecule has 0 aromatic carbocycles. The summed E-state index contributed by atoms with van der Waals surface area (Å²) in [5.74, 6) is 0.868. The number of rotatable bonds is 6. The molecule has 0 spiro atoms. The molecule has 0 aliphatic carbocycles. The van der Waals surface area contributed by atoms with E-state index in [4.69, 9.17) is 5.73 Å². The van der Waals surface area contributed by atoms with Gasteiger partial charge in [-0.05, 0) is 62.7 Å². The highest BCUT2D eigenvalue weighted by Crippen LogP contribution is 2.28. The number of hydrogen-bond acceptors (Lipinski definition) is 3. The highest BCUT2D eigenvalue weighted by atomic mass is 79.9. The normalized spacial score (nSPS) is 11.6. The molecule has 3 nitrogen and oxygen atoms in total. The number of nitrogens with two attached hydrogens (primary N) is 1. The van der Waals surface area contributed by atoms with Crippen LogP contribution in [0.4, 0.5) is 5.82 Å². The van der Waals surface area contributed by atoms with Crippen molar-refractivity contribution < 1.29 is 0 Å². The van der Waals surface area contributed by atoms with Crippen LogP contribution in [0.2, 0.25) is 0 Å². The van der Waals surface area contributed by atoms with Gasteiger partial charge >= 0.3 is 0 Å². The summed E-state index contributed by atoms with van der Waals surface area (Å²) in [6, 6.07) is 1.98. The lowest BCUT2D eigenvalue weighted by Crippen LogP contribution is -2.36. The lowest BCUT2D eigenvalue weighted by molar-refractivity contribution is 0.294. The average Bonchev–Trinajstić information content (AvgIpc) is 2.33. The van der Waals surface area contributed by atoms with Gasteiger partial charge in [0.1, 0.15) is 5.82 Å². The molecular formula is C12H19Br2N3. The predicted molar refractivity (Wildman–Crippen MR) is 80.2 cm³/mol. The summed E-state index contributed by atoms with van der Waals surface area (Å²) in [6.07, 6.45) is 3.93. The number of pyridine rings is 1. The fraction of sp³-hybridized carbons (Fsp3) is 0.583. The summed E-state index contributed by atoms with van der Waals surface area (Å²) in [5.41, 5.74) is 6.04. The van der Waals surface area contributed by atoms with Crippen molar-refractivity contribution in [1.82, 2.24) is 4.98 Å². The molecule has 96 valence electrons. The number of nitrogens with zero attached hydrogens (tertiary/aromatic N) is 1. The minimum absolute atomic E-state index is 0.161. The van der Waals surface area contributed by atoms with Crippen molar-refractivity contribution in [3.05, 3.63) is 21.2 Å². The van der Waals surface area contributed by atoms with Crippen LogP contribution in [0, 0.1) is 5.41 Å². The molecule has 17 heavy (non-hydrogen) atoms. The number of nitrogens with one attached hydrogen (secondary N) is 1. The standard InChI is InChI=1S/C12H19Br2N3/c1-3-12(4-2,7-15)8-17-11-10(14)5-9(13)6-16-11/h5-6H,3-4,7-8,15H2,1-2H3,(H,16,17). The Morgan fingerprint density at radius 2 is 2.00 bits per heavy atom. The molecule has 0 fully saturated rings. The number of halogens is 2. The minimum atomic E-state index is 0.161. The Labute approximate surface area is 120 Å². The van der Waals surface area contributed by atoms with Crippen molar-refractivity contribution in [3.8, 4) is 0 Å². The number of hydrogen-bond donors (Lipinski definition) is 2. The zero-order valence-corrected chi connectivity index (χ0v) is 13.4. The topological polar surface area (TPSA) is 50.9 Å². The van der Waals surface area contributed by atoms with E-state index in [9.17, 15) is 0 Å². The van der Waals surface area contributed by atoms with Gasteiger partial charge in [0, 0.05) is 17.2 Å². The van der Waals surface area contributed by atoms with Crippen LogP contribution in [0.25, 0.3) is 0 Å². The largest absolute Gasteiger partial charge is 0.369 e. The van der Waals surface area contributed by atoms with Crippen LogP contribution in [0.3, 0.4) is 0 Å². The molecule has 1 heterocycles. The van der Waals surface area contributed by atoms with E-state index >= 15 is 0 Å². The molecule has 0 aliphatic rings. The highest BCUT2D eigenvalue weighted by Gasteiger charge is 2.24. The molecule has 5 heteroatoms. The molecule has 0 bridgehead atoms. The van der Waals surface area contributed by atoms with Crippen LogP contribution in [-0.4, -0.2) is 18.1 Å². The third kappa shape index (κ3) is 3.93. The van der Waals surface area contributed by atoms with E-state index in [1.54, 1.807) is 6.20 Å². The van der Waals surface area contributed by atoms with Crippen molar-refractivity contribution >= 4 is 37.7 Å². The van der Waals surface area contributed by atoms with Crippen molar-refractivity contribution in [1.29, 1.82) is 0 Å². The molecule has 1 aromatic heterocycles. The van der Waals surface area contributed by atoms with Gasteiger partial charge in [-0.1, -0.05) is 13.8 Å². The first kappa shape index (κ1) is 14.9. The maximum absolute atomic E-state index is 5.88. The molecule has 1 aromatic rings. The first-order valence-electron chi connectivity index (χ1n) is 5.82. The zero-order valence-electron chi connectivity index (χ0n) is 10.3. The summed E-state index contributed by atoms with van der Waals surface area (Å²) >= 11 is 6.88. The van der Waals surface area contributed by atoms with Crippen LogP contribution in [0.15, 0.2) is 21.2 Å². The second-order valence-electron chi connectivity index (χ2n) is 4.25. The Balaban J connectivity index is 2.72. The Morgan fingerprint density at radius 1 is 1.35 bits per heavy atom. The molecule has 0 atom stereocenters. The van der Waals surface area contributed by atoms with E-state index in [2.05, 4.69) is 56.0 Å². The first-order valence-corrected chi connectivity index (χ1v) is 7.40. The molecule has 0 unspecified atom stereocenters. The molecule has 1 rings (SSSR count). The fourth-order valence-electron chi connectivity index (χ4n) is 1.68. The maximum atomic E-state index is 5.88. The van der Waals surface area contributed by atoms with E-state index in [1.807, 2.05) is 6.07 Å². The number of aromatic nitrogens is 1. The smallest absolute Gasteiger partial charge is 0.140 e. The van der Waals surface area contributed by atoms with E-state index in [1.165, 1.54) is 0 Å². The van der Waals surface area contributed by atoms with Gasteiger partial charge < -0.3 is 11.1 Å². The maximum Gasteiger partial charge on any atom is 0.140 e. The highest BCUT2D eigenvalue weighted by molar-refractivity contribution is 9.11. The van der Waals surface area contributed by atoms with Crippen LogP contribution in [0.5, 0.6) is 0 Å². The Hall–Kier alpha value is -0.130. The molecule has 0 aliphatic heterocycles. The Morgan fingerprint density at radius 3 is 2.47 bits per heavy atom. The minimum Gasteiger partial charge on any atom is -0.369 e. The second-order valence-corrected chi connectivity index (χ2v) is 6.02. The van der Waals surface area contributed by atoms with Gasteiger partial charge in [0.05, 0.1) is 4.47 Å². The van der Waals surface area contributed by atoms with E-state index in [-0.39, 0.29) is 5.41 Å². The molecule has 0 saturated carbocycles. The Kier molecular flexibility index (Phi) is 5.89. The summed E-state index contributed by atoms with van der Waals surface area (Å²) in [4.78, 5) is 4.34. The van der Waals surface area contributed by atoms with Crippen LogP contribution in [0.1, 0.15) is 26.7 Å². The molecule has 0 radical (unpaired) electrons. The monoisotopic (exact) mass is 363 g/mol. The average molecular weight is 365 g/mol. The molecular weight excluding hydrogens is 346 g/mol. The van der Waals surface area contributed by atoms with Crippen LogP contribution in [-0.2, 0) is 0 Å². The van der Waals surface area contributed by atoms with Crippen molar-refractivity contribution in [3.63, 3.8) is 0 Å². The van der Waals surface area contributed by atoms with Gasteiger partial charge in [0.25, 0.3) is 0 Å². The quantitative estimate of drug-likeness (QED) is 0.807. The van der Waals surface area contributed by atoms with E-state index in [0.29, 0.717) is 6.54 Å². The van der Waals surface area contributed by atoms with Crippen LogP contribution < -0.4 is 11.1 Å². The molecule has 0 saturated heterocycles. The summed E-state index contributed by atoms with van der Waals surface area (Å²) < 4.78 is 1.93. The summed E-state index contributed by atoms with van der Waals surface area (Å²) in [7, 11) is 0. The molecule has 3 N–H and O–H groups in total. The number of anilines is 1. The third-order valence-corrected chi connectivity index (χ3v) is 4.41.